The maximum Gasteiger partial charge on any atom is 0.508 e. The lowest BCUT2D eigenvalue weighted by molar-refractivity contribution is -0.0537. The fourth-order valence-electron chi connectivity index (χ4n) is 3.83. The van der Waals surface area contributed by atoms with Crippen molar-refractivity contribution < 1.29 is 24.1 Å². The van der Waals surface area contributed by atoms with E-state index in [1.54, 1.807) is 0 Å². The zero-order chi connectivity index (χ0) is 21.4. The monoisotopic (exact) mass is 412 g/mol. The van der Waals surface area contributed by atoms with Crippen LogP contribution in [0.1, 0.15) is 57.9 Å². The van der Waals surface area contributed by atoms with Crippen LogP contribution in [-0.2, 0) is 15.1 Å². The lowest BCUT2D eigenvalue weighted by Crippen LogP contribution is -2.35. The second-order valence-corrected chi connectivity index (χ2v) is 7.84. The van der Waals surface area contributed by atoms with Crippen LogP contribution in [-0.4, -0.2) is 30.6 Å². The highest BCUT2D eigenvalue weighted by atomic mass is 16.7. The molecule has 0 heterocycles. The number of rotatable bonds is 8. The SMILES string of the molecule is CCCCOC(=O)OC1CCC(O)(c2ccc(-c3ccc(OCC)cc3)cc2)CC1. The van der Waals surface area contributed by atoms with Crippen molar-refractivity contribution in [2.45, 2.75) is 64.1 Å². The maximum atomic E-state index is 11.7. The number of unbranched alkanes of at least 4 members (excludes halogenated alkanes) is 1. The van der Waals surface area contributed by atoms with E-state index in [0.717, 1.165) is 35.3 Å². The van der Waals surface area contributed by atoms with Gasteiger partial charge in [0.1, 0.15) is 11.9 Å². The van der Waals surface area contributed by atoms with E-state index in [1.165, 1.54) is 0 Å². The molecule has 2 aromatic carbocycles. The minimum Gasteiger partial charge on any atom is -0.494 e. The van der Waals surface area contributed by atoms with Crippen LogP contribution in [0.15, 0.2) is 48.5 Å². The van der Waals surface area contributed by atoms with E-state index in [1.807, 2.05) is 62.4 Å². The first-order valence-corrected chi connectivity index (χ1v) is 10.9. The van der Waals surface area contributed by atoms with Gasteiger partial charge < -0.3 is 19.3 Å². The molecular formula is C25H32O5. The standard InChI is InChI=1S/C25H32O5/c1-3-5-18-29-24(26)30-23-14-16-25(27,17-15-23)21-10-6-19(7-11-21)20-8-12-22(13-9-20)28-4-2/h6-13,23,27H,3-5,14-18H2,1-2H3. The summed E-state index contributed by atoms with van der Waals surface area (Å²) in [6, 6.07) is 16.1. The molecule has 30 heavy (non-hydrogen) atoms. The normalized spacial score (nSPS) is 21.1. The zero-order valence-corrected chi connectivity index (χ0v) is 17.9. The van der Waals surface area contributed by atoms with Gasteiger partial charge in [-0.1, -0.05) is 49.7 Å². The molecular weight excluding hydrogens is 380 g/mol. The van der Waals surface area contributed by atoms with Crippen molar-refractivity contribution in [3.63, 3.8) is 0 Å². The van der Waals surface area contributed by atoms with Gasteiger partial charge in [0.15, 0.2) is 0 Å². The minimum atomic E-state index is -0.886. The molecule has 162 valence electrons. The number of carbonyl (C=O) groups excluding carboxylic acids is 1. The van der Waals surface area contributed by atoms with Crippen molar-refractivity contribution >= 4 is 6.16 Å². The number of aliphatic hydroxyl groups is 1. The highest BCUT2D eigenvalue weighted by Gasteiger charge is 2.36. The van der Waals surface area contributed by atoms with Crippen molar-refractivity contribution in [2.24, 2.45) is 0 Å². The highest BCUT2D eigenvalue weighted by molar-refractivity contribution is 5.64. The summed E-state index contributed by atoms with van der Waals surface area (Å²) in [4.78, 5) is 11.7. The molecule has 0 aliphatic heterocycles. The van der Waals surface area contributed by atoms with Crippen LogP contribution >= 0.6 is 0 Å². The van der Waals surface area contributed by atoms with Crippen LogP contribution in [0.2, 0.25) is 0 Å². The van der Waals surface area contributed by atoms with Gasteiger partial charge in [0.2, 0.25) is 0 Å². The van der Waals surface area contributed by atoms with Gasteiger partial charge in [0.25, 0.3) is 0 Å². The summed E-state index contributed by atoms with van der Waals surface area (Å²) in [5.41, 5.74) is 2.22. The van der Waals surface area contributed by atoms with Gasteiger partial charge in [0.05, 0.1) is 18.8 Å². The largest absolute Gasteiger partial charge is 0.508 e. The molecule has 1 saturated carbocycles. The Morgan fingerprint density at radius 1 is 1.00 bits per heavy atom. The molecule has 0 spiro atoms. The molecule has 0 amide bonds. The molecule has 0 atom stereocenters. The van der Waals surface area contributed by atoms with E-state index in [9.17, 15) is 9.90 Å². The molecule has 1 N–H and O–H groups in total. The average molecular weight is 413 g/mol. The van der Waals surface area contributed by atoms with Gasteiger partial charge in [0, 0.05) is 0 Å². The van der Waals surface area contributed by atoms with E-state index in [-0.39, 0.29) is 6.10 Å². The quantitative estimate of drug-likeness (QED) is 0.436. The molecule has 2 aromatic rings. The Balaban J connectivity index is 1.55. The Hall–Kier alpha value is -2.53. The van der Waals surface area contributed by atoms with Crippen molar-refractivity contribution in [3.05, 3.63) is 54.1 Å². The third-order valence-electron chi connectivity index (χ3n) is 5.66. The van der Waals surface area contributed by atoms with Crippen LogP contribution in [0.5, 0.6) is 5.75 Å². The molecule has 0 unspecified atom stereocenters. The lowest BCUT2D eigenvalue weighted by atomic mass is 9.78. The number of ether oxygens (including phenoxy) is 3. The third kappa shape index (κ3) is 5.76. The average Bonchev–Trinajstić information content (AvgIpc) is 2.77. The molecule has 1 aliphatic rings. The summed E-state index contributed by atoms with van der Waals surface area (Å²) in [5, 5.41) is 11.1. The van der Waals surface area contributed by atoms with Crippen molar-refractivity contribution in [1.82, 2.24) is 0 Å². The van der Waals surface area contributed by atoms with E-state index < -0.39 is 11.8 Å². The van der Waals surface area contributed by atoms with Crippen molar-refractivity contribution in [1.29, 1.82) is 0 Å². The first-order chi connectivity index (χ1) is 14.5. The summed E-state index contributed by atoms with van der Waals surface area (Å²) in [6.07, 6.45) is 3.39. The fourth-order valence-corrected chi connectivity index (χ4v) is 3.83. The molecule has 1 fully saturated rings. The topological polar surface area (TPSA) is 65.0 Å². The Bertz CT molecular complexity index is 789. The number of benzene rings is 2. The number of hydrogen-bond donors (Lipinski definition) is 1. The Labute approximate surface area is 179 Å². The molecule has 0 aromatic heterocycles. The Kier molecular flexibility index (Phi) is 7.75. The molecule has 5 heteroatoms. The molecule has 3 rings (SSSR count). The minimum absolute atomic E-state index is 0.192. The van der Waals surface area contributed by atoms with Gasteiger partial charge in [-0.15, -0.1) is 0 Å². The maximum absolute atomic E-state index is 11.7. The summed E-state index contributed by atoms with van der Waals surface area (Å²) >= 11 is 0. The molecule has 0 radical (unpaired) electrons. The highest BCUT2D eigenvalue weighted by Crippen LogP contribution is 2.38. The summed E-state index contributed by atoms with van der Waals surface area (Å²) in [7, 11) is 0. The van der Waals surface area contributed by atoms with Crippen LogP contribution in [0.3, 0.4) is 0 Å². The second kappa shape index (κ2) is 10.5. The summed E-state index contributed by atoms with van der Waals surface area (Å²) in [5.74, 6) is 0.861. The van der Waals surface area contributed by atoms with E-state index >= 15 is 0 Å². The predicted molar refractivity (Wildman–Crippen MR) is 117 cm³/mol. The fraction of sp³-hybridized carbons (Fsp3) is 0.480. The van der Waals surface area contributed by atoms with Gasteiger partial charge in [-0.2, -0.15) is 0 Å². The number of carbonyl (C=O) groups is 1. The molecule has 0 bridgehead atoms. The van der Waals surface area contributed by atoms with Gasteiger partial charge in [-0.25, -0.2) is 4.79 Å². The first kappa shape index (κ1) is 22.2. The second-order valence-electron chi connectivity index (χ2n) is 7.84. The summed E-state index contributed by atoms with van der Waals surface area (Å²) < 4.78 is 15.9. The van der Waals surface area contributed by atoms with E-state index in [4.69, 9.17) is 14.2 Å². The van der Waals surface area contributed by atoms with Crippen LogP contribution < -0.4 is 4.74 Å². The van der Waals surface area contributed by atoms with Gasteiger partial charge in [-0.3, -0.25) is 0 Å². The third-order valence-corrected chi connectivity index (χ3v) is 5.66. The Morgan fingerprint density at radius 2 is 1.60 bits per heavy atom. The molecule has 5 nitrogen and oxygen atoms in total. The van der Waals surface area contributed by atoms with E-state index in [0.29, 0.717) is 38.9 Å². The van der Waals surface area contributed by atoms with Gasteiger partial charge in [-0.05, 0) is 67.9 Å². The van der Waals surface area contributed by atoms with Crippen LogP contribution in [0.25, 0.3) is 11.1 Å². The van der Waals surface area contributed by atoms with Gasteiger partial charge >= 0.3 is 6.16 Å². The molecule has 1 aliphatic carbocycles. The van der Waals surface area contributed by atoms with Crippen molar-refractivity contribution in [3.8, 4) is 16.9 Å². The first-order valence-electron chi connectivity index (χ1n) is 10.9. The van der Waals surface area contributed by atoms with E-state index in [2.05, 4.69) is 0 Å². The number of hydrogen-bond acceptors (Lipinski definition) is 5. The van der Waals surface area contributed by atoms with Crippen molar-refractivity contribution in [2.75, 3.05) is 13.2 Å². The Morgan fingerprint density at radius 3 is 2.17 bits per heavy atom. The predicted octanol–water partition coefficient (Wildman–Crippen LogP) is 5.84. The van der Waals surface area contributed by atoms with Crippen LogP contribution in [0, 0.1) is 0 Å². The molecule has 0 saturated heterocycles. The lowest BCUT2D eigenvalue weighted by Gasteiger charge is -2.36. The summed E-state index contributed by atoms with van der Waals surface area (Å²) in [6.45, 7) is 5.06. The zero-order valence-electron chi connectivity index (χ0n) is 17.9. The smallest absolute Gasteiger partial charge is 0.494 e. The van der Waals surface area contributed by atoms with Crippen LogP contribution in [0.4, 0.5) is 4.79 Å².